The summed E-state index contributed by atoms with van der Waals surface area (Å²) in [7, 11) is 1.68. The van der Waals surface area contributed by atoms with E-state index in [1.54, 1.807) is 7.11 Å². The lowest BCUT2D eigenvalue weighted by Crippen LogP contribution is -2.38. The van der Waals surface area contributed by atoms with E-state index < -0.39 is 0 Å². The molecule has 1 N–H and O–H groups in total. The van der Waals surface area contributed by atoms with Crippen molar-refractivity contribution in [1.82, 2.24) is 5.32 Å². The summed E-state index contributed by atoms with van der Waals surface area (Å²) in [4.78, 5) is 13.8. The van der Waals surface area contributed by atoms with Gasteiger partial charge in [-0.05, 0) is 42.2 Å². The molecule has 24 heavy (non-hydrogen) atoms. The number of fused-ring (bicyclic) bond motifs is 1. The maximum absolute atomic E-state index is 11.5. The Hall–Kier alpha value is -2.75. The molecule has 0 saturated heterocycles. The SMILES string of the molecule is C=CC(=O)NCC1Cc2ccccc2N(c2cccc(OC)c2)C1.[HH]. The van der Waals surface area contributed by atoms with Crippen LogP contribution in [0.2, 0.25) is 0 Å². The molecule has 2 aromatic rings. The number of amides is 1. The lowest BCUT2D eigenvalue weighted by Gasteiger charge is -2.36. The molecule has 0 aliphatic carbocycles. The van der Waals surface area contributed by atoms with Crippen LogP contribution in [0.5, 0.6) is 5.75 Å². The van der Waals surface area contributed by atoms with Gasteiger partial charge in [0, 0.05) is 32.0 Å². The van der Waals surface area contributed by atoms with Crippen molar-refractivity contribution in [3.05, 3.63) is 66.7 Å². The maximum Gasteiger partial charge on any atom is 0.243 e. The number of nitrogens with one attached hydrogen (secondary N) is 1. The molecule has 0 fully saturated rings. The normalized spacial score (nSPS) is 16.2. The summed E-state index contributed by atoms with van der Waals surface area (Å²) in [6.45, 7) is 4.99. The van der Waals surface area contributed by atoms with Crippen molar-refractivity contribution in [1.29, 1.82) is 0 Å². The van der Waals surface area contributed by atoms with Gasteiger partial charge < -0.3 is 15.0 Å². The zero-order chi connectivity index (χ0) is 16.9. The summed E-state index contributed by atoms with van der Waals surface area (Å²) in [5, 5.41) is 2.92. The van der Waals surface area contributed by atoms with Gasteiger partial charge in [0.05, 0.1) is 7.11 Å². The predicted molar refractivity (Wildman–Crippen MR) is 99.0 cm³/mol. The van der Waals surface area contributed by atoms with E-state index in [-0.39, 0.29) is 7.33 Å². The Morgan fingerprint density at radius 1 is 1.38 bits per heavy atom. The van der Waals surface area contributed by atoms with Gasteiger partial charge in [-0.3, -0.25) is 4.79 Å². The van der Waals surface area contributed by atoms with Crippen molar-refractivity contribution < 1.29 is 11.0 Å². The summed E-state index contributed by atoms with van der Waals surface area (Å²) in [6.07, 6.45) is 2.27. The molecule has 0 bridgehead atoms. The number of para-hydroxylation sites is 1. The predicted octanol–water partition coefficient (Wildman–Crippen LogP) is 3.55. The monoisotopic (exact) mass is 324 g/mol. The fraction of sp³-hybridized carbons (Fsp3) is 0.250. The molecule has 126 valence electrons. The minimum Gasteiger partial charge on any atom is -0.497 e. The number of ether oxygens (including phenoxy) is 1. The smallest absolute Gasteiger partial charge is 0.243 e. The third-order valence-corrected chi connectivity index (χ3v) is 4.35. The Labute approximate surface area is 144 Å². The molecule has 2 aromatic carbocycles. The number of hydrogen-bond acceptors (Lipinski definition) is 3. The van der Waals surface area contributed by atoms with Gasteiger partial charge in [-0.1, -0.05) is 30.8 Å². The molecule has 1 unspecified atom stereocenters. The quantitative estimate of drug-likeness (QED) is 0.855. The third-order valence-electron chi connectivity index (χ3n) is 4.35. The van der Waals surface area contributed by atoms with Gasteiger partial charge in [0.2, 0.25) is 5.91 Å². The molecular weight excluding hydrogens is 300 g/mol. The molecule has 1 amide bonds. The third kappa shape index (κ3) is 3.43. The Balaban J connectivity index is 0.00000225. The molecule has 0 spiro atoms. The maximum atomic E-state index is 11.5. The van der Waals surface area contributed by atoms with Crippen LogP contribution >= 0.6 is 0 Å². The highest BCUT2D eigenvalue weighted by Gasteiger charge is 2.25. The minimum atomic E-state index is -0.123. The first-order valence-corrected chi connectivity index (χ1v) is 8.11. The average Bonchev–Trinajstić information content (AvgIpc) is 2.65. The summed E-state index contributed by atoms with van der Waals surface area (Å²) in [6, 6.07) is 16.5. The Kier molecular flexibility index (Phi) is 4.85. The fourth-order valence-corrected chi connectivity index (χ4v) is 3.16. The van der Waals surface area contributed by atoms with E-state index >= 15 is 0 Å². The highest BCUT2D eigenvalue weighted by atomic mass is 16.5. The average molecular weight is 324 g/mol. The van der Waals surface area contributed by atoms with Gasteiger partial charge >= 0.3 is 0 Å². The van der Waals surface area contributed by atoms with Crippen molar-refractivity contribution >= 4 is 17.3 Å². The number of nitrogens with zero attached hydrogens (tertiary/aromatic N) is 1. The van der Waals surface area contributed by atoms with E-state index in [1.165, 1.54) is 17.3 Å². The standard InChI is InChI=1S/C20H22N2O2.H2/c1-3-20(23)21-13-15-11-16-7-4-5-10-19(16)22(14-15)17-8-6-9-18(12-17)24-2;/h3-10,12,15H,1,11,13-14H2,2H3,(H,21,23);1H. The number of hydrogen-bond donors (Lipinski definition) is 1. The Morgan fingerprint density at radius 3 is 3.00 bits per heavy atom. The van der Waals surface area contributed by atoms with Gasteiger partial charge in [0.15, 0.2) is 0 Å². The highest BCUT2D eigenvalue weighted by Crippen LogP contribution is 2.36. The zero-order valence-electron chi connectivity index (χ0n) is 13.9. The number of methoxy groups -OCH3 is 1. The van der Waals surface area contributed by atoms with Crippen LogP contribution in [0.1, 0.15) is 6.99 Å². The topological polar surface area (TPSA) is 41.6 Å². The zero-order valence-corrected chi connectivity index (χ0v) is 13.9. The van der Waals surface area contributed by atoms with E-state index in [9.17, 15) is 4.79 Å². The highest BCUT2D eigenvalue weighted by molar-refractivity contribution is 5.86. The minimum absolute atomic E-state index is 0. The number of anilines is 2. The van der Waals surface area contributed by atoms with Crippen LogP contribution in [0.3, 0.4) is 0 Å². The number of carbonyl (C=O) groups excluding carboxylic acids is 1. The van der Waals surface area contributed by atoms with Crippen molar-refractivity contribution in [3.63, 3.8) is 0 Å². The first kappa shape index (κ1) is 16.1. The summed E-state index contributed by atoms with van der Waals surface area (Å²) in [5.74, 6) is 1.06. The second-order valence-corrected chi connectivity index (χ2v) is 5.96. The first-order valence-electron chi connectivity index (χ1n) is 8.11. The summed E-state index contributed by atoms with van der Waals surface area (Å²) in [5.41, 5.74) is 3.61. The second kappa shape index (κ2) is 7.21. The molecular formula is C20H24N2O2. The van der Waals surface area contributed by atoms with E-state index in [4.69, 9.17) is 4.74 Å². The first-order chi connectivity index (χ1) is 11.7. The summed E-state index contributed by atoms with van der Waals surface area (Å²) < 4.78 is 5.36. The van der Waals surface area contributed by atoms with Crippen LogP contribution in [0.15, 0.2) is 61.2 Å². The molecule has 0 saturated carbocycles. The van der Waals surface area contributed by atoms with Gasteiger partial charge in [-0.25, -0.2) is 0 Å². The molecule has 3 rings (SSSR count). The van der Waals surface area contributed by atoms with E-state index in [0.717, 1.165) is 24.4 Å². The van der Waals surface area contributed by atoms with Gasteiger partial charge in [0.25, 0.3) is 0 Å². The fourth-order valence-electron chi connectivity index (χ4n) is 3.16. The van der Waals surface area contributed by atoms with E-state index in [1.807, 2.05) is 18.2 Å². The van der Waals surface area contributed by atoms with E-state index in [0.29, 0.717) is 12.5 Å². The van der Waals surface area contributed by atoms with Gasteiger partial charge in [0.1, 0.15) is 5.75 Å². The van der Waals surface area contributed by atoms with Crippen LogP contribution in [-0.4, -0.2) is 26.1 Å². The van der Waals surface area contributed by atoms with Crippen LogP contribution in [-0.2, 0) is 11.2 Å². The lowest BCUT2D eigenvalue weighted by atomic mass is 9.92. The van der Waals surface area contributed by atoms with Crippen molar-refractivity contribution in [3.8, 4) is 5.75 Å². The van der Waals surface area contributed by atoms with Crippen LogP contribution in [0.4, 0.5) is 11.4 Å². The molecule has 1 atom stereocenters. The van der Waals surface area contributed by atoms with Crippen molar-refractivity contribution in [2.45, 2.75) is 6.42 Å². The van der Waals surface area contributed by atoms with E-state index in [2.05, 4.69) is 47.1 Å². The molecule has 0 aromatic heterocycles. The molecule has 1 heterocycles. The van der Waals surface area contributed by atoms with Crippen LogP contribution in [0.25, 0.3) is 0 Å². The molecule has 0 radical (unpaired) electrons. The Morgan fingerprint density at radius 2 is 2.21 bits per heavy atom. The number of rotatable bonds is 5. The Bertz CT molecular complexity index is 748. The van der Waals surface area contributed by atoms with Gasteiger partial charge in [-0.2, -0.15) is 0 Å². The summed E-state index contributed by atoms with van der Waals surface area (Å²) >= 11 is 0. The van der Waals surface area contributed by atoms with Crippen LogP contribution in [0, 0.1) is 5.92 Å². The molecule has 1 aliphatic rings. The van der Waals surface area contributed by atoms with Gasteiger partial charge in [-0.15, -0.1) is 0 Å². The largest absolute Gasteiger partial charge is 0.497 e. The number of carbonyl (C=O) groups is 1. The van der Waals surface area contributed by atoms with Crippen molar-refractivity contribution in [2.24, 2.45) is 5.92 Å². The lowest BCUT2D eigenvalue weighted by molar-refractivity contribution is -0.116. The molecule has 4 nitrogen and oxygen atoms in total. The molecule has 1 aliphatic heterocycles. The number of benzene rings is 2. The van der Waals surface area contributed by atoms with Crippen LogP contribution < -0.4 is 15.0 Å². The molecule has 4 heteroatoms. The second-order valence-electron chi connectivity index (χ2n) is 5.96. The van der Waals surface area contributed by atoms with Crippen molar-refractivity contribution in [2.75, 3.05) is 25.1 Å².